The molecule has 3 aromatic carbocycles. The average molecular weight is 1380 g/mol. The molecule has 98 heavy (non-hydrogen) atoms. The van der Waals surface area contributed by atoms with Crippen LogP contribution in [0.1, 0.15) is 223 Å². The minimum Gasteiger partial charge on any atom is -0.383 e. The van der Waals surface area contributed by atoms with Crippen LogP contribution in [0.3, 0.4) is 0 Å². The molecule has 0 fully saturated rings. The number of benzene rings is 3. The van der Waals surface area contributed by atoms with Crippen LogP contribution in [0.25, 0.3) is 16.7 Å². The number of sulfone groups is 2. The lowest BCUT2D eigenvalue weighted by Crippen LogP contribution is -2.41. The lowest BCUT2D eigenvalue weighted by Gasteiger charge is -2.37. The topological polar surface area (TPSA) is 278 Å². The maximum absolute atomic E-state index is 12.8. The molecular formula is C76H110N12O8S2. The number of allylic oxidation sites excluding steroid dienone is 6. The lowest BCUT2D eigenvalue weighted by molar-refractivity contribution is 0.101. The van der Waals surface area contributed by atoms with Crippen LogP contribution < -0.4 is 26.6 Å². The zero-order valence-electron chi connectivity index (χ0n) is 61.6. The molecule has 0 saturated carbocycles. The first-order valence-electron chi connectivity index (χ1n) is 34.1. The third-order valence-electron chi connectivity index (χ3n) is 19.3. The number of nitrogens with one attached hydrogen (secondary N) is 8. The lowest BCUT2D eigenvalue weighted by atomic mass is 9.76. The smallest absolute Gasteiger partial charge is 0.291 e. The molecule has 3 aromatic heterocycles. The summed E-state index contributed by atoms with van der Waals surface area (Å²) in [6.45, 7) is 34.2. The van der Waals surface area contributed by atoms with Crippen molar-refractivity contribution < 1.29 is 36.0 Å². The van der Waals surface area contributed by atoms with Crippen molar-refractivity contribution in [2.24, 2.45) is 16.2 Å². The highest BCUT2D eigenvalue weighted by atomic mass is 32.2. The standard InChI is InChI=1S/C26H38N4O3S.C25H36N4O3S.C25H36N4O2/c1-18-17-27-23(28-18)24(31)29-22-9-8-20(26(4,5)30(6)14-15-34(7,32)33)16-21(22)19-10-12-25(2,3)13-11-19;1-17-16-26-22(28-17)23(30)29-21-8-7-19(25(4,5)27-13-14-33(6,31)32)15-20(21)18-9-11-24(2,3)12-10-18;1-17-16-26-22(28-17)23(30)29-21-8-7-19(25(4,5)27-13-14-31-6)15-20(21)18-9-11-24(2,3)12-10-18/h8-10,16-17H,11-15H2,1-7H3,(H,27,28)(H,29,31);7-9,15-16,27H,10-14H2,1-6H3,(H,26,28)(H,29,30);7-9,15-16,27H,10-14H2,1-6H3,(H,26,28)(H,29,30). The van der Waals surface area contributed by atoms with Crippen LogP contribution in [0, 0.1) is 37.0 Å². The van der Waals surface area contributed by atoms with Crippen molar-refractivity contribution in [2.75, 3.05) is 80.4 Å². The Morgan fingerprint density at radius 2 is 0.847 bits per heavy atom. The summed E-state index contributed by atoms with van der Waals surface area (Å²) in [5, 5.41) is 16.1. The van der Waals surface area contributed by atoms with Gasteiger partial charge in [0.1, 0.15) is 19.7 Å². The van der Waals surface area contributed by atoms with Gasteiger partial charge in [0.25, 0.3) is 17.7 Å². The van der Waals surface area contributed by atoms with E-state index in [2.05, 4.69) is 173 Å². The highest BCUT2D eigenvalue weighted by molar-refractivity contribution is 7.90. The Hall–Kier alpha value is -7.34. The number of carbonyl (C=O) groups is 3. The number of aromatic amines is 3. The molecule has 0 saturated heterocycles. The Kier molecular flexibility index (Phi) is 25.4. The Morgan fingerprint density at radius 3 is 1.14 bits per heavy atom. The van der Waals surface area contributed by atoms with Gasteiger partial charge >= 0.3 is 0 Å². The van der Waals surface area contributed by atoms with Crippen LogP contribution in [0.2, 0.25) is 0 Å². The van der Waals surface area contributed by atoms with E-state index in [1.807, 2.05) is 72.0 Å². The molecule has 9 rings (SSSR count). The molecule has 534 valence electrons. The second-order valence-electron chi connectivity index (χ2n) is 31.0. The van der Waals surface area contributed by atoms with Crippen LogP contribution in [0.4, 0.5) is 17.1 Å². The SMILES string of the molecule is COCCNC(C)(C)c1ccc(NC(=O)c2ncc(C)[nH]2)c(C2=CCC(C)(C)CC2)c1.Cc1cnc(C(=O)Nc2ccc(C(C)(C)N(C)CCS(C)(=O)=O)cc2C2=CCC(C)(C)CC2)[nH]1.Cc1cnc(C(=O)Nc2ccc(C(C)(C)NCCS(C)(=O)=O)cc2C2=CCC(C)(C)CC2)[nH]1. The molecule has 0 bridgehead atoms. The van der Waals surface area contributed by atoms with Gasteiger partial charge in [-0.1, -0.05) is 78.0 Å². The summed E-state index contributed by atoms with van der Waals surface area (Å²) < 4.78 is 51.7. The summed E-state index contributed by atoms with van der Waals surface area (Å²) in [6, 6.07) is 18.4. The molecule has 3 amide bonds. The van der Waals surface area contributed by atoms with Gasteiger partial charge in [-0.25, -0.2) is 31.8 Å². The molecule has 0 atom stereocenters. The average Bonchev–Trinajstić information content (AvgIpc) is 0.913. The van der Waals surface area contributed by atoms with Gasteiger partial charge < -0.3 is 46.3 Å². The number of amides is 3. The Bertz CT molecular complexity index is 4140. The second-order valence-corrected chi connectivity index (χ2v) is 35.5. The number of aryl methyl sites for hydroxylation is 3. The van der Waals surface area contributed by atoms with Crippen molar-refractivity contribution in [1.29, 1.82) is 0 Å². The van der Waals surface area contributed by atoms with E-state index in [1.165, 1.54) is 34.8 Å². The molecule has 8 N–H and O–H groups in total. The fourth-order valence-electron chi connectivity index (χ4n) is 12.0. The van der Waals surface area contributed by atoms with Gasteiger partial charge in [0.05, 0.1) is 18.1 Å². The van der Waals surface area contributed by atoms with Crippen LogP contribution in [-0.4, -0.2) is 134 Å². The van der Waals surface area contributed by atoms with Gasteiger partial charge in [0, 0.05) is 125 Å². The van der Waals surface area contributed by atoms with Gasteiger partial charge in [-0.3, -0.25) is 19.3 Å². The van der Waals surface area contributed by atoms with E-state index in [1.54, 1.807) is 25.7 Å². The molecule has 0 spiro atoms. The van der Waals surface area contributed by atoms with Gasteiger partial charge in [-0.05, 0) is 213 Å². The van der Waals surface area contributed by atoms with Crippen LogP contribution in [0.5, 0.6) is 0 Å². The number of hydrogen-bond acceptors (Lipinski definition) is 14. The number of imidazole rings is 3. The molecular weight excluding hydrogens is 1270 g/mol. The number of H-pyrrole nitrogens is 3. The molecule has 0 unspecified atom stereocenters. The van der Waals surface area contributed by atoms with E-state index in [-0.39, 0.29) is 57.2 Å². The maximum Gasteiger partial charge on any atom is 0.291 e. The first kappa shape index (κ1) is 78.0. The fraction of sp³-hybridized carbons (Fsp3) is 0.526. The van der Waals surface area contributed by atoms with Crippen molar-refractivity contribution in [2.45, 2.75) is 178 Å². The third-order valence-corrected chi connectivity index (χ3v) is 21.2. The van der Waals surface area contributed by atoms with Crippen LogP contribution >= 0.6 is 0 Å². The molecule has 6 aromatic rings. The Labute approximate surface area is 583 Å². The van der Waals surface area contributed by atoms with E-state index < -0.39 is 30.8 Å². The molecule has 0 radical (unpaired) electrons. The summed E-state index contributed by atoms with van der Waals surface area (Å²) in [5.74, 6) is 0.305. The highest BCUT2D eigenvalue weighted by Gasteiger charge is 2.32. The van der Waals surface area contributed by atoms with Crippen LogP contribution in [-0.2, 0) is 41.0 Å². The summed E-state index contributed by atoms with van der Waals surface area (Å²) in [7, 11) is -2.43. The van der Waals surface area contributed by atoms with Crippen molar-refractivity contribution in [1.82, 2.24) is 45.4 Å². The molecule has 0 aliphatic heterocycles. The van der Waals surface area contributed by atoms with Crippen molar-refractivity contribution in [3.63, 3.8) is 0 Å². The molecule has 3 aliphatic carbocycles. The van der Waals surface area contributed by atoms with Gasteiger partial charge in [-0.15, -0.1) is 0 Å². The van der Waals surface area contributed by atoms with E-state index in [0.717, 1.165) is 126 Å². The number of nitrogens with zero attached hydrogens (tertiary/aromatic N) is 4. The van der Waals surface area contributed by atoms with Crippen molar-refractivity contribution >= 4 is 71.2 Å². The number of carbonyl (C=O) groups excluding carboxylic acids is 3. The second kappa shape index (κ2) is 31.9. The highest BCUT2D eigenvalue weighted by Crippen LogP contribution is 2.45. The molecule has 20 nitrogen and oxygen atoms in total. The van der Waals surface area contributed by atoms with Gasteiger partial charge in [-0.2, -0.15) is 0 Å². The summed E-state index contributed by atoms with van der Waals surface area (Å²) in [5.41, 5.74) is 14.7. The Balaban J connectivity index is 0.000000207. The minimum absolute atomic E-state index is 0.0836. The largest absolute Gasteiger partial charge is 0.383 e. The van der Waals surface area contributed by atoms with E-state index >= 15 is 0 Å². The predicted octanol–water partition coefficient (Wildman–Crippen LogP) is 14.2. The van der Waals surface area contributed by atoms with E-state index in [4.69, 9.17) is 4.74 Å². The number of ether oxygens (including phenoxy) is 1. The molecule has 22 heteroatoms. The van der Waals surface area contributed by atoms with Gasteiger partial charge in [0.2, 0.25) is 0 Å². The number of hydrogen-bond donors (Lipinski definition) is 8. The number of anilines is 3. The monoisotopic (exact) mass is 1380 g/mol. The quantitative estimate of drug-likeness (QED) is 0.0262. The summed E-state index contributed by atoms with van der Waals surface area (Å²) >= 11 is 0. The number of rotatable bonds is 24. The third kappa shape index (κ3) is 22.3. The van der Waals surface area contributed by atoms with E-state index in [0.29, 0.717) is 30.9 Å². The zero-order chi connectivity index (χ0) is 72.4. The maximum atomic E-state index is 12.8. The first-order valence-corrected chi connectivity index (χ1v) is 38.2. The molecule has 3 aliphatic rings. The first-order chi connectivity index (χ1) is 45.5. The van der Waals surface area contributed by atoms with Crippen LogP contribution in [0.15, 0.2) is 91.4 Å². The normalized spacial score (nSPS) is 16.3. The van der Waals surface area contributed by atoms with Crippen molar-refractivity contribution in [3.05, 3.63) is 159 Å². The molecule has 3 heterocycles. The number of aromatic nitrogens is 6. The zero-order valence-corrected chi connectivity index (χ0v) is 63.3. The van der Waals surface area contributed by atoms with Crippen molar-refractivity contribution in [3.8, 4) is 0 Å². The summed E-state index contributed by atoms with van der Waals surface area (Å²) in [4.78, 5) is 61.9. The predicted molar refractivity (Wildman–Crippen MR) is 399 cm³/mol. The Morgan fingerprint density at radius 1 is 0.520 bits per heavy atom. The fourth-order valence-corrected chi connectivity index (χ4v) is 13.1. The number of methoxy groups -OCH3 is 1. The minimum atomic E-state index is -3.05. The van der Waals surface area contributed by atoms with E-state index in [9.17, 15) is 31.2 Å². The summed E-state index contributed by atoms with van der Waals surface area (Å²) in [6.07, 6.45) is 23.5. The van der Waals surface area contributed by atoms with Gasteiger partial charge in [0.15, 0.2) is 17.5 Å².